The van der Waals surface area contributed by atoms with E-state index in [1.165, 1.54) is 19.4 Å². The van der Waals surface area contributed by atoms with Crippen molar-refractivity contribution >= 4 is 41.2 Å². The molecule has 0 fully saturated rings. The van der Waals surface area contributed by atoms with Gasteiger partial charge < -0.3 is 19.5 Å². The third-order valence-electron chi connectivity index (χ3n) is 5.42. The van der Waals surface area contributed by atoms with Crippen LogP contribution in [0.5, 0.6) is 17.2 Å². The fourth-order valence-electron chi connectivity index (χ4n) is 3.44. The quantitative estimate of drug-likeness (QED) is 0.167. The van der Waals surface area contributed by atoms with Crippen LogP contribution < -0.4 is 25.0 Å². The number of ether oxygens (including phenoxy) is 3. The molecule has 204 valence electrons. The molecule has 0 aliphatic carbocycles. The average Bonchev–Trinajstić information content (AvgIpc) is 2.93. The van der Waals surface area contributed by atoms with Crippen LogP contribution in [0.25, 0.3) is 0 Å². The van der Waals surface area contributed by atoms with E-state index in [0.717, 1.165) is 5.56 Å². The van der Waals surface area contributed by atoms with Crippen molar-refractivity contribution in [2.24, 2.45) is 5.10 Å². The van der Waals surface area contributed by atoms with Gasteiger partial charge in [-0.3, -0.25) is 9.59 Å². The van der Waals surface area contributed by atoms with Gasteiger partial charge in [-0.25, -0.2) is 5.43 Å². The topological polar surface area (TPSA) is 98.2 Å². The molecular formula is C29H29Cl2N3O5. The second-order valence-corrected chi connectivity index (χ2v) is 9.17. The molecule has 0 aromatic heterocycles. The molecule has 0 radical (unpaired) electrons. The number of hydrogen-bond acceptors (Lipinski definition) is 6. The lowest BCUT2D eigenvalue weighted by Crippen LogP contribution is -2.50. The molecule has 39 heavy (non-hydrogen) atoms. The van der Waals surface area contributed by atoms with Crippen molar-refractivity contribution in [1.82, 2.24) is 10.7 Å². The predicted molar refractivity (Wildman–Crippen MR) is 153 cm³/mol. The third kappa shape index (κ3) is 9.05. The fraction of sp³-hybridized carbons (Fsp3) is 0.207. The highest BCUT2D eigenvalue weighted by molar-refractivity contribution is 6.35. The Morgan fingerprint density at radius 3 is 2.44 bits per heavy atom. The molecule has 0 unspecified atom stereocenters. The molecule has 0 aliphatic heterocycles. The highest BCUT2D eigenvalue weighted by Gasteiger charge is 2.25. The molecule has 0 saturated carbocycles. The standard InChI is InChI=1S/C29H29Cl2N3O5/c1-4-14-38-26-12-10-21(16-27(26)37-3)18-32-34-29(36)24(15-20-8-6-5-7-9-20)33-28(35)19(2)39-25-13-11-22(30)17-23(25)31/h4-13,16-19,24H,1,14-15H2,2-3H3,(H,33,35)(H,34,36)/b32-18-/t19-,24+/m1/s1. The normalized spacial score (nSPS) is 12.3. The van der Waals surface area contributed by atoms with E-state index in [1.54, 1.807) is 43.3 Å². The monoisotopic (exact) mass is 569 g/mol. The third-order valence-corrected chi connectivity index (χ3v) is 5.95. The number of benzene rings is 3. The van der Waals surface area contributed by atoms with Gasteiger partial charge >= 0.3 is 0 Å². The molecule has 0 spiro atoms. The van der Waals surface area contributed by atoms with Crippen molar-refractivity contribution < 1.29 is 23.8 Å². The first-order valence-corrected chi connectivity index (χ1v) is 12.8. The molecule has 0 heterocycles. The van der Waals surface area contributed by atoms with E-state index in [0.29, 0.717) is 34.4 Å². The van der Waals surface area contributed by atoms with Gasteiger partial charge in [0.05, 0.1) is 18.3 Å². The summed E-state index contributed by atoms with van der Waals surface area (Å²) in [7, 11) is 1.53. The lowest BCUT2D eigenvalue weighted by molar-refractivity contribution is -0.132. The average molecular weight is 570 g/mol. The summed E-state index contributed by atoms with van der Waals surface area (Å²) in [5.41, 5.74) is 4.03. The van der Waals surface area contributed by atoms with Gasteiger partial charge in [0.2, 0.25) is 0 Å². The maximum Gasteiger partial charge on any atom is 0.262 e. The van der Waals surface area contributed by atoms with Crippen LogP contribution >= 0.6 is 23.2 Å². The van der Waals surface area contributed by atoms with Crippen molar-refractivity contribution in [3.63, 3.8) is 0 Å². The fourth-order valence-corrected chi connectivity index (χ4v) is 3.90. The Morgan fingerprint density at radius 1 is 1.00 bits per heavy atom. The number of nitrogens with one attached hydrogen (secondary N) is 2. The van der Waals surface area contributed by atoms with Gasteiger partial charge in [-0.05, 0) is 54.4 Å². The zero-order valence-corrected chi connectivity index (χ0v) is 23.0. The minimum atomic E-state index is -0.937. The highest BCUT2D eigenvalue weighted by atomic mass is 35.5. The SMILES string of the molecule is C=CCOc1ccc(/C=N\NC(=O)[C@H](Cc2ccccc2)NC(=O)[C@@H](C)Oc2ccc(Cl)cc2Cl)cc1OC. The molecular weight excluding hydrogens is 541 g/mol. The van der Waals surface area contributed by atoms with Crippen molar-refractivity contribution in [1.29, 1.82) is 0 Å². The molecule has 3 rings (SSSR count). The van der Waals surface area contributed by atoms with Crippen molar-refractivity contribution in [3.8, 4) is 17.2 Å². The van der Waals surface area contributed by atoms with Gasteiger partial charge in [-0.1, -0.05) is 66.2 Å². The van der Waals surface area contributed by atoms with E-state index >= 15 is 0 Å². The molecule has 0 aliphatic rings. The summed E-state index contributed by atoms with van der Waals surface area (Å²) < 4.78 is 16.6. The van der Waals surface area contributed by atoms with Gasteiger partial charge in [0.15, 0.2) is 17.6 Å². The molecule has 2 atom stereocenters. The lowest BCUT2D eigenvalue weighted by atomic mass is 10.1. The number of carbonyl (C=O) groups is 2. The molecule has 2 amide bonds. The Bertz CT molecular complexity index is 1320. The molecule has 3 aromatic carbocycles. The van der Waals surface area contributed by atoms with Gasteiger partial charge in [0.25, 0.3) is 11.8 Å². The molecule has 2 N–H and O–H groups in total. The molecule has 3 aromatic rings. The second kappa shape index (κ2) is 14.8. The summed E-state index contributed by atoms with van der Waals surface area (Å²) in [5.74, 6) is 0.365. The highest BCUT2D eigenvalue weighted by Crippen LogP contribution is 2.29. The summed E-state index contributed by atoms with van der Waals surface area (Å²) in [4.78, 5) is 26.0. The van der Waals surface area contributed by atoms with Crippen LogP contribution in [0.2, 0.25) is 10.0 Å². The Morgan fingerprint density at radius 2 is 1.74 bits per heavy atom. The first kappa shape index (κ1) is 29.5. The Hall–Kier alpha value is -4.01. The number of carbonyl (C=O) groups excluding carboxylic acids is 2. The first-order valence-electron chi connectivity index (χ1n) is 12.0. The van der Waals surface area contributed by atoms with Gasteiger partial charge in [-0.15, -0.1) is 0 Å². The van der Waals surface area contributed by atoms with Crippen LogP contribution in [-0.2, 0) is 16.0 Å². The van der Waals surface area contributed by atoms with E-state index in [4.69, 9.17) is 37.4 Å². The van der Waals surface area contributed by atoms with Gasteiger partial charge in [0.1, 0.15) is 18.4 Å². The Balaban J connectivity index is 1.69. The number of halogens is 2. The van der Waals surface area contributed by atoms with Crippen LogP contribution in [0.4, 0.5) is 0 Å². The number of rotatable bonds is 13. The maximum absolute atomic E-state index is 13.1. The predicted octanol–water partition coefficient (Wildman–Crippen LogP) is 5.21. The van der Waals surface area contributed by atoms with E-state index in [-0.39, 0.29) is 11.4 Å². The number of amides is 2. The number of hydrazone groups is 1. The van der Waals surface area contributed by atoms with Crippen molar-refractivity contribution in [3.05, 3.63) is 101 Å². The zero-order chi connectivity index (χ0) is 28.2. The summed E-state index contributed by atoms with van der Waals surface area (Å²) in [6, 6.07) is 18.3. The van der Waals surface area contributed by atoms with Crippen LogP contribution in [0.15, 0.2) is 84.5 Å². The lowest BCUT2D eigenvalue weighted by Gasteiger charge is -2.21. The second-order valence-electron chi connectivity index (χ2n) is 8.33. The van der Waals surface area contributed by atoms with Crippen LogP contribution in [0.3, 0.4) is 0 Å². The van der Waals surface area contributed by atoms with Gasteiger partial charge in [-0.2, -0.15) is 5.10 Å². The minimum absolute atomic E-state index is 0.242. The van der Waals surface area contributed by atoms with Crippen molar-refractivity contribution in [2.45, 2.75) is 25.5 Å². The van der Waals surface area contributed by atoms with E-state index < -0.39 is 24.0 Å². The smallest absolute Gasteiger partial charge is 0.262 e. The zero-order valence-electron chi connectivity index (χ0n) is 21.5. The molecule has 10 heteroatoms. The Labute approximate surface area is 237 Å². The minimum Gasteiger partial charge on any atom is -0.493 e. The van der Waals surface area contributed by atoms with E-state index in [9.17, 15) is 9.59 Å². The van der Waals surface area contributed by atoms with E-state index in [2.05, 4.69) is 22.4 Å². The van der Waals surface area contributed by atoms with Gasteiger partial charge in [0, 0.05) is 11.4 Å². The maximum atomic E-state index is 13.1. The van der Waals surface area contributed by atoms with Crippen LogP contribution in [-0.4, -0.2) is 43.9 Å². The summed E-state index contributed by atoms with van der Waals surface area (Å²) >= 11 is 12.1. The molecule has 0 bridgehead atoms. The largest absolute Gasteiger partial charge is 0.493 e. The molecule has 0 saturated heterocycles. The van der Waals surface area contributed by atoms with Crippen molar-refractivity contribution in [2.75, 3.05) is 13.7 Å². The number of methoxy groups -OCH3 is 1. The van der Waals surface area contributed by atoms with Crippen LogP contribution in [0, 0.1) is 0 Å². The summed E-state index contributed by atoms with van der Waals surface area (Å²) in [5, 5.41) is 7.52. The number of hydrogen-bond donors (Lipinski definition) is 2. The van der Waals surface area contributed by atoms with E-state index in [1.807, 2.05) is 30.3 Å². The van der Waals surface area contributed by atoms with Crippen LogP contribution in [0.1, 0.15) is 18.1 Å². The number of nitrogens with zero attached hydrogens (tertiary/aromatic N) is 1. The molecule has 8 nitrogen and oxygen atoms in total. The Kier molecular flexibility index (Phi) is 11.2. The summed E-state index contributed by atoms with van der Waals surface area (Å²) in [6.07, 6.45) is 2.40. The first-order chi connectivity index (χ1) is 18.8. The summed E-state index contributed by atoms with van der Waals surface area (Å²) in [6.45, 7) is 5.53.